The lowest BCUT2D eigenvalue weighted by molar-refractivity contribution is -0.133. The molecule has 1 aliphatic heterocycles. The molecule has 0 spiro atoms. The topological polar surface area (TPSA) is 54.3 Å². The summed E-state index contributed by atoms with van der Waals surface area (Å²) in [6.45, 7) is 5.09. The van der Waals surface area contributed by atoms with Crippen LogP contribution in [0.5, 0.6) is 0 Å². The molecular formula is C28H35N3O2S. The molecule has 3 aromatic rings. The zero-order valence-electron chi connectivity index (χ0n) is 20.3. The second-order valence-electron chi connectivity index (χ2n) is 10.3. The minimum Gasteiger partial charge on any atom is -0.351 e. The summed E-state index contributed by atoms with van der Waals surface area (Å²) in [5.74, 6) is 0.0588. The van der Waals surface area contributed by atoms with Crippen LogP contribution >= 0.6 is 11.3 Å². The standard InChI is InChI=1S/C28H35N3O2S/c1-20(21-11-7-6-8-12-21)18-31-26(32)24-17-25-23(15-16-34-25)30(24)19-28(31,2)27(33)29-22-13-9-4-3-5-10-14-22/h6-8,11-12,15-17,20,22H,3-5,9-10,13-14,18-19H2,1-2H3,(H,29,33)/t20-,28+/m1/s1. The van der Waals surface area contributed by atoms with Gasteiger partial charge in [0.05, 0.1) is 16.8 Å². The summed E-state index contributed by atoms with van der Waals surface area (Å²) in [6, 6.07) is 14.5. The van der Waals surface area contributed by atoms with E-state index in [-0.39, 0.29) is 23.8 Å². The Morgan fingerprint density at radius 1 is 1.12 bits per heavy atom. The van der Waals surface area contributed by atoms with Crippen molar-refractivity contribution in [2.24, 2.45) is 0 Å². The van der Waals surface area contributed by atoms with Crippen LogP contribution < -0.4 is 5.32 Å². The molecule has 1 aliphatic carbocycles. The van der Waals surface area contributed by atoms with Gasteiger partial charge in [-0.1, -0.05) is 69.4 Å². The molecule has 1 N–H and O–H groups in total. The van der Waals surface area contributed by atoms with Gasteiger partial charge in [0.15, 0.2) is 0 Å². The highest BCUT2D eigenvalue weighted by molar-refractivity contribution is 7.17. The van der Waals surface area contributed by atoms with E-state index in [1.165, 1.54) is 24.8 Å². The minimum atomic E-state index is -0.941. The van der Waals surface area contributed by atoms with Gasteiger partial charge in [0.2, 0.25) is 5.91 Å². The van der Waals surface area contributed by atoms with Gasteiger partial charge in [-0.2, -0.15) is 0 Å². The van der Waals surface area contributed by atoms with Crippen molar-refractivity contribution in [3.8, 4) is 0 Å². The number of rotatable bonds is 5. The molecule has 2 atom stereocenters. The van der Waals surface area contributed by atoms with E-state index in [9.17, 15) is 9.59 Å². The molecule has 0 bridgehead atoms. The summed E-state index contributed by atoms with van der Waals surface area (Å²) in [7, 11) is 0. The highest BCUT2D eigenvalue weighted by atomic mass is 32.1. The van der Waals surface area contributed by atoms with E-state index in [1.54, 1.807) is 11.3 Å². The lowest BCUT2D eigenvalue weighted by atomic mass is 9.90. The number of carbonyl (C=O) groups excluding carboxylic acids is 2. The van der Waals surface area contributed by atoms with Crippen molar-refractivity contribution in [3.05, 3.63) is 59.1 Å². The first-order valence-corrected chi connectivity index (χ1v) is 13.6. The molecule has 3 heterocycles. The molecular weight excluding hydrogens is 442 g/mol. The summed E-state index contributed by atoms with van der Waals surface area (Å²) in [6.07, 6.45) is 8.15. The Kier molecular flexibility index (Phi) is 6.52. The Labute approximate surface area is 206 Å². The molecule has 0 saturated heterocycles. The van der Waals surface area contributed by atoms with Gasteiger partial charge in [-0.05, 0) is 48.8 Å². The highest BCUT2D eigenvalue weighted by Crippen LogP contribution is 2.36. The van der Waals surface area contributed by atoms with Crippen LogP contribution in [-0.2, 0) is 11.3 Å². The van der Waals surface area contributed by atoms with E-state index >= 15 is 0 Å². The maximum absolute atomic E-state index is 14.0. The number of thiophene rings is 1. The fourth-order valence-corrected chi connectivity index (χ4v) is 6.48. The van der Waals surface area contributed by atoms with Crippen LogP contribution in [0, 0.1) is 0 Å². The van der Waals surface area contributed by atoms with Crippen LogP contribution in [0.25, 0.3) is 10.2 Å². The second-order valence-corrected chi connectivity index (χ2v) is 11.3. The molecule has 1 aromatic carbocycles. The number of hydrogen-bond acceptors (Lipinski definition) is 3. The number of amides is 2. The SMILES string of the molecule is C[C@H](CN1C(=O)c2cc3sccc3n2C[C@@]1(C)C(=O)NC1CCCCCCC1)c1ccccc1. The summed E-state index contributed by atoms with van der Waals surface area (Å²) < 4.78 is 3.17. The Hall–Kier alpha value is -2.60. The van der Waals surface area contributed by atoms with E-state index in [0.29, 0.717) is 18.8 Å². The van der Waals surface area contributed by atoms with Gasteiger partial charge < -0.3 is 14.8 Å². The van der Waals surface area contributed by atoms with Crippen LogP contribution in [-0.4, -0.2) is 39.4 Å². The summed E-state index contributed by atoms with van der Waals surface area (Å²) in [5, 5.41) is 5.44. The third kappa shape index (κ3) is 4.28. The maximum Gasteiger partial charge on any atom is 0.271 e. The lowest BCUT2D eigenvalue weighted by Gasteiger charge is -2.45. The zero-order valence-corrected chi connectivity index (χ0v) is 21.1. The van der Waals surface area contributed by atoms with Crippen LogP contribution in [0.4, 0.5) is 0 Å². The number of nitrogens with one attached hydrogen (secondary N) is 1. The Morgan fingerprint density at radius 2 is 1.82 bits per heavy atom. The van der Waals surface area contributed by atoms with Crippen molar-refractivity contribution in [2.45, 2.75) is 82.8 Å². The fourth-order valence-electron chi connectivity index (χ4n) is 5.66. The van der Waals surface area contributed by atoms with Gasteiger partial charge in [-0.15, -0.1) is 11.3 Å². The van der Waals surface area contributed by atoms with Gasteiger partial charge in [-0.3, -0.25) is 9.59 Å². The van der Waals surface area contributed by atoms with Crippen molar-refractivity contribution in [3.63, 3.8) is 0 Å². The van der Waals surface area contributed by atoms with Crippen LogP contribution in [0.3, 0.4) is 0 Å². The zero-order chi connectivity index (χ0) is 23.7. The average Bonchev–Trinajstić information content (AvgIpc) is 3.41. The molecule has 5 nitrogen and oxygen atoms in total. The van der Waals surface area contributed by atoms with Crippen LogP contribution in [0.1, 0.15) is 80.8 Å². The van der Waals surface area contributed by atoms with E-state index in [4.69, 9.17) is 0 Å². The Morgan fingerprint density at radius 3 is 2.56 bits per heavy atom. The van der Waals surface area contributed by atoms with E-state index in [1.807, 2.05) is 36.1 Å². The fraction of sp³-hybridized carbons (Fsp3) is 0.500. The lowest BCUT2D eigenvalue weighted by Crippen LogP contribution is -2.65. The quantitative estimate of drug-likeness (QED) is 0.494. The van der Waals surface area contributed by atoms with Crippen LogP contribution in [0.2, 0.25) is 0 Å². The van der Waals surface area contributed by atoms with Crippen molar-refractivity contribution in [2.75, 3.05) is 6.54 Å². The van der Waals surface area contributed by atoms with Crippen LogP contribution in [0.15, 0.2) is 47.8 Å². The predicted octanol–water partition coefficient (Wildman–Crippen LogP) is 5.95. The summed E-state index contributed by atoms with van der Waals surface area (Å²) >= 11 is 1.64. The first-order valence-electron chi connectivity index (χ1n) is 12.7. The molecule has 1 fully saturated rings. The highest BCUT2D eigenvalue weighted by Gasteiger charge is 2.48. The third-order valence-electron chi connectivity index (χ3n) is 7.80. The molecule has 2 amide bonds. The largest absolute Gasteiger partial charge is 0.351 e. The predicted molar refractivity (Wildman–Crippen MR) is 138 cm³/mol. The van der Waals surface area contributed by atoms with Gasteiger partial charge in [0.25, 0.3) is 5.91 Å². The molecule has 1 saturated carbocycles. The number of hydrogen-bond donors (Lipinski definition) is 1. The molecule has 2 aliphatic rings. The minimum absolute atomic E-state index is 0.0191. The molecule has 5 rings (SSSR count). The van der Waals surface area contributed by atoms with Crippen molar-refractivity contribution >= 4 is 33.4 Å². The van der Waals surface area contributed by atoms with Gasteiger partial charge >= 0.3 is 0 Å². The summed E-state index contributed by atoms with van der Waals surface area (Å²) in [4.78, 5) is 29.7. The molecule has 0 radical (unpaired) electrons. The number of carbonyl (C=O) groups is 2. The first-order chi connectivity index (χ1) is 16.5. The maximum atomic E-state index is 14.0. The number of nitrogens with zero attached hydrogens (tertiary/aromatic N) is 2. The first kappa shape index (κ1) is 23.2. The van der Waals surface area contributed by atoms with E-state index < -0.39 is 5.54 Å². The Balaban J connectivity index is 1.47. The second kappa shape index (κ2) is 9.57. The molecule has 2 aromatic heterocycles. The molecule has 180 valence electrons. The van der Waals surface area contributed by atoms with Crippen molar-refractivity contribution in [1.29, 1.82) is 0 Å². The monoisotopic (exact) mass is 477 g/mol. The van der Waals surface area contributed by atoms with Crippen molar-refractivity contribution < 1.29 is 9.59 Å². The molecule has 0 unspecified atom stereocenters. The number of fused-ring (bicyclic) bond motifs is 3. The molecule has 6 heteroatoms. The van der Waals surface area contributed by atoms with Gasteiger partial charge in [0.1, 0.15) is 11.2 Å². The Bertz CT molecular complexity index is 1160. The smallest absolute Gasteiger partial charge is 0.271 e. The number of aromatic nitrogens is 1. The van der Waals surface area contributed by atoms with Crippen molar-refractivity contribution in [1.82, 2.24) is 14.8 Å². The van der Waals surface area contributed by atoms with E-state index in [0.717, 1.165) is 35.9 Å². The number of benzene rings is 1. The normalized spacial score (nSPS) is 22.8. The summed E-state index contributed by atoms with van der Waals surface area (Å²) in [5.41, 5.74) is 1.98. The van der Waals surface area contributed by atoms with Gasteiger partial charge in [-0.25, -0.2) is 0 Å². The van der Waals surface area contributed by atoms with Gasteiger partial charge in [0, 0.05) is 12.6 Å². The van der Waals surface area contributed by atoms with E-state index in [2.05, 4.69) is 40.4 Å². The third-order valence-corrected chi connectivity index (χ3v) is 8.66. The molecule has 34 heavy (non-hydrogen) atoms. The average molecular weight is 478 g/mol.